The van der Waals surface area contributed by atoms with Gasteiger partial charge in [-0.15, -0.1) is 0 Å². The van der Waals surface area contributed by atoms with Gasteiger partial charge in [-0.1, -0.05) is 6.92 Å². The van der Waals surface area contributed by atoms with E-state index in [0.29, 0.717) is 6.04 Å². The highest BCUT2D eigenvalue weighted by molar-refractivity contribution is 4.98. The molecular formula is C13H26N2O. The minimum absolute atomic E-state index is 0.229. The first-order valence-corrected chi connectivity index (χ1v) is 6.74. The SMILES string of the molecule is CC1CCCN(C2(CN)CCOCC2)C1C. The van der Waals surface area contributed by atoms with Crippen LogP contribution in [0, 0.1) is 5.92 Å². The number of hydrogen-bond acceptors (Lipinski definition) is 3. The zero-order chi connectivity index (χ0) is 11.6. The Morgan fingerprint density at radius 3 is 2.62 bits per heavy atom. The first-order valence-electron chi connectivity index (χ1n) is 6.74. The van der Waals surface area contributed by atoms with Crippen LogP contribution in [0.3, 0.4) is 0 Å². The van der Waals surface area contributed by atoms with E-state index in [4.69, 9.17) is 10.5 Å². The predicted octanol–water partition coefficient (Wildman–Crippen LogP) is 1.61. The molecule has 0 aromatic heterocycles. The van der Waals surface area contributed by atoms with Crippen LogP contribution in [0.5, 0.6) is 0 Å². The fraction of sp³-hybridized carbons (Fsp3) is 1.00. The van der Waals surface area contributed by atoms with Gasteiger partial charge in [0.05, 0.1) is 0 Å². The average molecular weight is 226 g/mol. The molecule has 3 heteroatoms. The maximum atomic E-state index is 6.08. The molecule has 2 aliphatic heterocycles. The van der Waals surface area contributed by atoms with E-state index < -0.39 is 0 Å². The number of nitrogens with two attached hydrogens (primary N) is 1. The van der Waals surface area contributed by atoms with E-state index >= 15 is 0 Å². The Bertz CT molecular complexity index is 226. The summed E-state index contributed by atoms with van der Waals surface area (Å²) in [5.41, 5.74) is 6.31. The molecule has 0 bridgehead atoms. The fourth-order valence-electron chi connectivity index (χ4n) is 3.36. The second-order valence-electron chi connectivity index (χ2n) is 5.59. The van der Waals surface area contributed by atoms with Crippen molar-refractivity contribution in [1.82, 2.24) is 4.90 Å². The van der Waals surface area contributed by atoms with Gasteiger partial charge < -0.3 is 10.5 Å². The standard InChI is InChI=1S/C13H26N2O/c1-11-4-3-7-15(12(11)2)13(10-14)5-8-16-9-6-13/h11-12H,3-10,14H2,1-2H3. The van der Waals surface area contributed by atoms with Gasteiger partial charge in [-0.05, 0) is 45.1 Å². The van der Waals surface area contributed by atoms with Gasteiger partial charge in [0.2, 0.25) is 0 Å². The molecule has 2 saturated heterocycles. The summed E-state index contributed by atoms with van der Waals surface area (Å²) in [5.74, 6) is 0.806. The third-order valence-electron chi connectivity index (χ3n) is 4.79. The van der Waals surface area contributed by atoms with Crippen LogP contribution in [-0.4, -0.2) is 42.8 Å². The molecule has 0 radical (unpaired) electrons. The molecule has 2 rings (SSSR count). The second-order valence-corrected chi connectivity index (χ2v) is 5.59. The molecule has 2 N–H and O–H groups in total. The van der Waals surface area contributed by atoms with Crippen molar-refractivity contribution in [1.29, 1.82) is 0 Å². The van der Waals surface area contributed by atoms with Crippen LogP contribution in [0.2, 0.25) is 0 Å². The smallest absolute Gasteiger partial charge is 0.0484 e. The summed E-state index contributed by atoms with van der Waals surface area (Å²) in [7, 11) is 0. The summed E-state index contributed by atoms with van der Waals surface area (Å²) in [6.07, 6.45) is 4.92. The molecule has 0 aromatic carbocycles. The molecule has 0 aliphatic carbocycles. The lowest BCUT2D eigenvalue weighted by molar-refractivity contribution is -0.0628. The summed E-state index contributed by atoms with van der Waals surface area (Å²) in [6.45, 7) is 8.52. The maximum absolute atomic E-state index is 6.08. The van der Waals surface area contributed by atoms with E-state index in [0.717, 1.165) is 38.5 Å². The molecule has 2 aliphatic rings. The molecule has 2 fully saturated rings. The largest absolute Gasteiger partial charge is 0.381 e. The molecular weight excluding hydrogens is 200 g/mol. The molecule has 2 heterocycles. The van der Waals surface area contributed by atoms with Gasteiger partial charge >= 0.3 is 0 Å². The Hall–Kier alpha value is -0.120. The molecule has 94 valence electrons. The lowest BCUT2D eigenvalue weighted by Crippen LogP contribution is -2.62. The van der Waals surface area contributed by atoms with Gasteiger partial charge in [0.1, 0.15) is 0 Å². The second kappa shape index (κ2) is 5.03. The first-order chi connectivity index (χ1) is 7.69. The molecule has 0 aromatic rings. The highest BCUT2D eigenvalue weighted by Gasteiger charge is 2.41. The lowest BCUT2D eigenvalue weighted by atomic mass is 9.81. The number of nitrogens with zero attached hydrogens (tertiary/aromatic N) is 1. The van der Waals surface area contributed by atoms with E-state index in [9.17, 15) is 0 Å². The van der Waals surface area contributed by atoms with Gasteiger partial charge in [0, 0.05) is 31.3 Å². The van der Waals surface area contributed by atoms with Crippen molar-refractivity contribution in [3.05, 3.63) is 0 Å². The van der Waals surface area contributed by atoms with Crippen LogP contribution in [0.4, 0.5) is 0 Å². The topological polar surface area (TPSA) is 38.5 Å². The number of likely N-dealkylation sites (tertiary alicyclic amines) is 1. The van der Waals surface area contributed by atoms with Gasteiger partial charge in [-0.3, -0.25) is 4.90 Å². The Kier molecular flexibility index (Phi) is 3.88. The Labute approximate surface area is 99.3 Å². The molecule has 2 atom stereocenters. The normalized spacial score (nSPS) is 36.2. The Morgan fingerprint density at radius 1 is 1.31 bits per heavy atom. The van der Waals surface area contributed by atoms with Crippen LogP contribution < -0.4 is 5.73 Å². The predicted molar refractivity (Wildman–Crippen MR) is 66.4 cm³/mol. The zero-order valence-corrected chi connectivity index (χ0v) is 10.7. The van der Waals surface area contributed by atoms with E-state index in [1.165, 1.54) is 19.4 Å². The molecule has 0 amide bonds. The van der Waals surface area contributed by atoms with Crippen molar-refractivity contribution in [3.63, 3.8) is 0 Å². The number of ether oxygens (including phenoxy) is 1. The lowest BCUT2D eigenvalue weighted by Gasteiger charge is -2.52. The summed E-state index contributed by atoms with van der Waals surface area (Å²) >= 11 is 0. The summed E-state index contributed by atoms with van der Waals surface area (Å²) in [5, 5.41) is 0. The van der Waals surface area contributed by atoms with Crippen molar-refractivity contribution in [3.8, 4) is 0 Å². The summed E-state index contributed by atoms with van der Waals surface area (Å²) < 4.78 is 5.50. The van der Waals surface area contributed by atoms with E-state index in [-0.39, 0.29) is 5.54 Å². The zero-order valence-electron chi connectivity index (χ0n) is 10.7. The molecule has 2 unspecified atom stereocenters. The van der Waals surface area contributed by atoms with Gasteiger partial charge in [0.25, 0.3) is 0 Å². The summed E-state index contributed by atoms with van der Waals surface area (Å²) in [4.78, 5) is 2.68. The molecule has 3 nitrogen and oxygen atoms in total. The highest BCUT2D eigenvalue weighted by Crippen LogP contribution is 2.34. The average Bonchev–Trinajstić information content (AvgIpc) is 2.33. The van der Waals surface area contributed by atoms with Gasteiger partial charge in [-0.25, -0.2) is 0 Å². The molecule has 0 spiro atoms. The van der Waals surface area contributed by atoms with Crippen molar-refractivity contribution < 1.29 is 4.74 Å². The number of rotatable bonds is 2. The van der Waals surface area contributed by atoms with Crippen LogP contribution in [0.1, 0.15) is 39.5 Å². The van der Waals surface area contributed by atoms with Crippen LogP contribution in [-0.2, 0) is 4.74 Å². The van der Waals surface area contributed by atoms with Crippen LogP contribution in [0.25, 0.3) is 0 Å². The van der Waals surface area contributed by atoms with Gasteiger partial charge in [0.15, 0.2) is 0 Å². The van der Waals surface area contributed by atoms with Crippen molar-refractivity contribution in [2.24, 2.45) is 11.7 Å². The monoisotopic (exact) mass is 226 g/mol. The molecule has 0 saturated carbocycles. The minimum atomic E-state index is 0.229. The molecule has 16 heavy (non-hydrogen) atoms. The number of hydrogen-bond donors (Lipinski definition) is 1. The fourth-order valence-corrected chi connectivity index (χ4v) is 3.36. The van der Waals surface area contributed by atoms with Crippen molar-refractivity contribution >= 4 is 0 Å². The summed E-state index contributed by atoms with van der Waals surface area (Å²) in [6, 6.07) is 0.676. The maximum Gasteiger partial charge on any atom is 0.0484 e. The van der Waals surface area contributed by atoms with E-state index in [1.807, 2.05) is 0 Å². The Balaban J connectivity index is 2.12. The van der Waals surface area contributed by atoms with Gasteiger partial charge in [-0.2, -0.15) is 0 Å². The first kappa shape index (κ1) is 12.3. The minimum Gasteiger partial charge on any atom is -0.381 e. The highest BCUT2D eigenvalue weighted by atomic mass is 16.5. The van der Waals surface area contributed by atoms with Crippen LogP contribution in [0.15, 0.2) is 0 Å². The third kappa shape index (κ3) is 2.13. The number of piperidine rings is 1. The third-order valence-corrected chi connectivity index (χ3v) is 4.79. The van der Waals surface area contributed by atoms with E-state index in [1.54, 1.807) is 0 Å². The quantitative estimate of drug-likeness (QED) is 0.777. The van der Waals surface area contributed by atoms with Crippen molar-refractivity contribution in [2.45, 2.75) is 51.1 Å². The Morgan fingerprint density at radius 2 is 2.00 bits per heavy atom. The van der Waals surface area contributed by atoms with E-state index in [2.05, 4.69) is 18.7 Å². The van der Waals surface area contributed by atoms with Crippen LogP contribution >= 0.6 is 0 Å². The van der Waals surface area contributed by atoms with Crippen molar-refractivity contribution in [2.75, 3.05) is 26.3 Å².